The first kappa shape index (κ1) is 15.3. The van der Waals surface area contributed by atoms with Crippen LogP contribution < -0.4 is 5.32 Å². The summed E-state index contributed by atoms with van der Waals surface area (Å²) in [5.41, 5.74) is 2.47. The van der Waals surface area contributed by atoms with Gasteiger partial charge in [-0.25, -0.2) is 0 Å². The quantitative estimate of drug-likeness (QED) is 0.806. The Morgan fingerprint density at radius 3 is 2.24 bits per heavy atom. The molecule has 0 spiro atoms. The molecule has 0 aromatic heterocycles. The van der Waals surface area contributed by atoms with E-state index in [-0.39, 0.29) is 11.9 Å². The molecule has 1 atom stereocenters. The number of nitrogens with one attached hydrogen (secondary N) is 1. The van der Waals surface area contributed by atoms with Crippen LogP contribution in [0.3, 0.4) is 0 Å². The Kier molecular flexibility index (Phi) is 6.01. The zero-order valence-corrected chi connectivity index (χ0v) is 12.6. The van der Waals surface area contributed by atoms with Gasteiger partial charge in [-0.15, -0.1) is 0 Å². The minimum atomic E-state index is 0.121. The largest absolute Gasteiger partial charge is 0.349 e. The Morgan fingerprint density at radius 2 is 1.62 bits per heavy atom. The smallest absolute Gasteiger partial charge is 0.220 e. The number of carbonyl (C=O) groups excluding carboxylic acids is 1. The monoisotopic (exact) mass is 281 g/mol. The zero-order valence-electron chi connectivity index (χ0n) is 12.6. The summed E-state index contributed by atoms with van der Waals surface area (Å²) < 4.78 is 0. The van der Waals surface area contributed by atoms with Crippen LogP contribution in [0.4, 0.5) is 0 Å². The molecule has 21 heavy (non-hydrogen) atoms. The number of aryl methyl sites for hydroxylation is 1. The third-order valence-corrected chi connectivity index (χ3v) is 3.66. The van der Waals surface area contributed by atoms with Crippen LogP contribution >= 0.6 is 0 Å². The van der Waals surface area contributed by atoms with E-state index >= 15 is 0 Å². The van der Waals surface area contributed by atoms with Gasteiger partial charge in [0.1, 0.15) is 0 Å². The summed E-state index contributed by atoms with van der Waals surface area (Å²) in [7, 11) is 0. The summed E-state index contributed by atoms with van der Waals surface area (Å²) in [4.78, 5) is 12.1. The Bertz CT molecular complexity index is 536. The summed E-state index contributed by atoms with van der Waals surface area (Å²) >= 11 is 0. The van der Waals surface area contributed by atoms with Gasteiger partial charge in [-0.05, 0) is 30.4 Å². The summed E-state index contributed by atoms with van der Waals surface area (Å²) in [5, 5.41) is 3.13. The molecule has 2 heteroatoms. The van der Waals surface area contributed by atoms with E-state index in [0.29, 0.717) is 6.42 Å². The molecule has 2 rings (SSSR count). The van der Waals surface area contributed by atoms with Crippen LogP contribution in [0.2, 0.25) is 0 Å². The van der Waals surface area contributed by atoms with Gasteiger partial charge in [0, 0.05) is 6.42 Å². The number of rotatable bonds is 7. The number of hydrogen-bond acceptors (Lipinski definition) is 1. The molecular formula is C19H23NO. The molecule has 2 aromatic carbocycles. The van der Waals surface area contributed by atoms with E-state index in [1.807, 2.05) is 36.4 Å². The zero-order chi connectivity index (χ0) is 14.9. The predicted octanol–water partition coefficient (Wildman–Crippen LogP) is 4.28. The van der Waals surface area contributed by atoms with Crippen molar-refractivity contribution in [2.45, 2.75) is 38.6 Å². The van der Waals surface area contributed by atoms with Gasteiger partial charge in [-0.1, -0.05) is 67.6 Å². The molecule has 0 aliphatic heterocycles. The predicted molar refractivity (Wildman–Crippen MR) is 87.0 cm³/mol. The first-order valence-corrected chi connectivity index (χ1v) is 7.68. The highest BCUT2D eigenvalue weighted by Crippen LogP contribution is 2.16. The van der Waals surface area contributed by atoms with Gasteiger partial charge in [0.25, 0.3) is 0 Å². The lowest BCUT2D eigenvalue weighted by Gasteiger charge is -2.17. The first-order chi connectivity index (χ1) is 10.3. The van der Waals surface area contributed by atoms with E-state index in [0.717, 1.165) is 19.3 Å². The third kappa shape index (κ3) is 5.07. The normalized spacial score (nSPS) is 11.9. The summed E-state index contributed by atoms with van der Waals surface area (Å²) in [6.07, 6.45) is 3.34. The SMILES string of the molecule is CCC(NC(=O)CCCc1ccccc1)c1ccccc1. The lowest BCUT2D eigenvalue weighted by atomic mass is 10.0. The van der Waals surface area contributed by atoms with E-state index in [9.17, 15) is 4.79 Å². The molecule has 1 N–H and O–H groups in total. The maximum absolute atomic E-state index is 12.1. The molecule has 0 saturated carbocycles. The second kappa shape index (κ2) is 8.25. The average molecular weight is 281 g/mol. The standard InChI is InChI=1S/C19H23NO/c1-2-18(17-13-7-4-8-14-17)20-19(21)15-9-12-16-10-5-3-6-11-16/h3-8,10-11,13-14,18H,2,9,12,15H2,1H3,(H,20,21). The molecule has 0 heterocycles. The third-order valence-electron chi connectivity index (χ3n) is 3.66. The molecule has 2 aromatic rings. The number of benzene rings is 2. The van der Waals surface area contributed by atoms with Crippen molar-refractivity contribution in [1.29, 1.82) is 0 Å². The van der Waals surface area contributed by atoms with Gasteiger partial charge in [0.2, 0.25) is 5.91 Å². The van der Waals surface area contributed by atoms with Crippen LogP contribution in [0.25, 0.3) is 0 Å². The molecule has 0 aliphatic carbocycles. The minimum absolute atomic E-state index is 0.121. The first-order valence-electron chi connectivity index (χ1n) is 7.68. The van der Waals surface area contributed by atoms with E-state index in [1.54, 1.807) is 0 Å². The Balaban J connectivity index is 1.78. The highest BCUT2D eigenvalue weighted by Gasteiger charge is 2.11. The van der Waals surface area contributed by atoms with Crippen LogP contribution in [0, 0.1) is 0 Å². The Labute approximate surface area is 127 Å². The topological polar surface area (TPSA) is 29.1 Å². The molecule has 0 radical (unpaired) electrons. The van der Waals surface area contributed by atoms with Crippen molar-refractivity contribution in [3.05, 3.63) is 71.8 Å². The van der Waals surface area contributed by atoms with Crippen molar-refractivity contribution in [3.8, 4) is 0 Å². The highest BCUT2D eigenvalue weighted by atomic mass is 16.1. The van der Waals surface area contributed by atoms with E-state index in [2.05, 4.69) is 36.5 Å². The fourth-order valence-corrected chi connectivity index (χ4v) is 2.47. The average Bonchev–Trinajstić information content (AvgIpc) is 2.54. The van der Waals surface area contributed by atoms with Gasteiger partial charge >= 0.3 is 0 Å². The molecule has 0 saturated heterocycles. The maximum Gasteiger partial charge on any atom is 0.220 e. The fraction of sp³-hybridized carbons (Fsp3) is 0.316. The van der Waals surface area contributed by atoms with Crippen LogP contribution in [-0.2, 0) is 11.2 Å². The lowest BCUT2D eigenvalue weighted by molar-refractivity contribution is -0.122. The number of carbonyl (C=O) groups is 1. The van der Waals surface area contributed by atoms with Gasteiger partial charge in [-0.3, -0.25) is 4.79 Å². The van der Waals surface area contributed by atoms with Crippen LogP contribution in [0.1, 0.15) is 43.4 Å². The van der Waals surface area contributed by atoms with Crippen molar-refractivity contribution in [2.75, 3.05) is 0 Å². The van der Waals surface area contributed by atoms with Crippen molar-refractivity contribution in [1.82, 2.24) is 5.32 Å². The van der Waals surface area contributed by atoms with Gasteiger partial charge < -0.3 is 5.32 Å². The highest BCUT2D eigenvalue weighted by molar-refractivity contribution is 5.76. The van der Waals surface area contributed by atoms with Crippen molar-refractivity contribution < 1.29 is 4.79 Å². The van der Waals surface area contributed by atoms with Gasteiger partial charge in [-0.2, -0.15) is 0 Å². The van der Waals surface area contributed by atoms with Crippen molar-refractivity contribution in [2.24, 2.45) is 0 Å². The fourth-order valence-electron chi connectivity index (χ4n) is 2.47. The Morgan fingerprint density at radius 1 is 1.00 bits per heavy atom. The molecule has 0 aliphatic rings. The second-order valence-corrected chi connectivity index (χ2v) is 5.28. The van der Waals surface area contributed by atoms with Crippen LogP contribution in [-0.4, -0.2) is 5.91 Å². The van der Waals surface area contributed by atoms with Crippen LogP contribution in [0.15, 0.2) is 60.7 Å². The lowest BCUT2D eigenvalue weighted by Crippen LogP contribution is -2.27. The molecular weight excluding hydrogens is 258 g/mol. The molecule has 0 bridgehead atoms. The molecule has 0 fully saturated rings. The van der Waals surface area contributed by atoms with E-state index in [1.165, 1.54) is 11.1 Å². The summed E-state index contributed by atoms with van der Waals surface area (Å²) in [6.45, 7) is 2.10. The molecule has 1 unspecified atom stereocenters. The Hall–Kier alpha value is -2.09. The summed E-state index contributed by atoms with van der Waals surface area (Å²) in [5.74, 6) is 0.140. The number of hydrogen-bond donors (Lipinski definition) is 1. The van der Waals surface area contributed by atoms with Crippen LogP contribution in [0.5, 0.6) is 0 Å². The van der Waals surface area contributed by atoms with E-state index < -0.39 is 0 Å². The maximum atomic E-state index is 12.1. The molecule has 2 nitrogen and oxygen atoms in total. The second-order valence-electron chi connectivity index (χ2n) is 5.28. The van der Waals surface area contributed by atoms with Crippen molar-refractivity contribution in [3.63, 3.8) is 0 Å². The van der Waals surface area contributed by atoms with Crippen molar-refractivity contribution >= 4 is 5.91 Å². The molecule has 110 valence electrons. The summed E-state index contributed by atoms with van der Waals surface area (Å²) in [6, 6.07) is 20.6. The van der Waals surface area contributed by atoms with Gasteiger partial charge in [0.05, 0.1) is 6.04 Å². The van der Waals surface area contributed by atoms with Gasteiger partial charge in [0.15, 0.2) is 0 Å². The van der Waals surface area contributed by atoms with E-state index in [4.69, 9.17) is 0 Å². The molecule has 1 amide bonds. The minimum Gasteiger partial charge on any atom is -0.349 e. The number of amides is 1.